The average molecular weight is 274 g/mol. The quantitative estimate of drug-likeness (QED) is 0.543. The van der Waals surface area contributed by atoms with Gasteiger partial charge in [-0.2, -0.15) is 0 Å². The molecule has 0 spiro atoms. The summed E-state index contributed by atoms with van der Waals surface area (Å²) in [5.41, 5.74) is 0. The molecule has 5 heteroatoms. The predicted octanol–water partition coefficient (Wildman–Crippen LogP) is 2.03. The van der Waals surface area contributed by atoms with Crippen molar-refractivity contribution in [3.63, 3.8) is 0 Å². The van der Waals surface area contributed by atoms with E-state index in [-0.39, 0.29) is 6.61 Å². The predicted molar refractivity (Wildman–Crippen MR) is 42.9 cm³/mol. The number of hydrogen-bond acceptors (Lipinski definition) is 3. The third-order valence-corrected chi connectivity index (χ3v) is 2.87. The molecular formula is C8H18MoO4. The van der Waals surface area contributed by atoms with Crippen molar-refractivity contribution < 1.29 is 30.7 Å². The van der Waals surface area contributed by atoms with Crippen LogP contribution in [0, 0.1) is 0 Å². The molecule has 0 aromatic heterocycles. The van der Waals surface area contributed by atoms with Crippen molar-refractivity contribution in [2.24, 2.45) is 0 Å². The summed E-state index contributed by atoms with van der Waals surface area (Å²) in [4.78, 5) is 0. The first kappa shape index (κ1) is 13.2. The van der Waals surface area contributed by atoms with Crippen LogP contribution in [0.3, 0.4) is 0 Å². The minimum absolute atomic E-state index is 0.136. The first-order chi connectivity index (χ1) is 6.06. The van der Waals surface area contributed by atoms with Crippen LogP contribution in [0.4, 0.5) is 0 Å². The van der Waals surface area contributed by atoms with Gasteiger partial charge in [-0.3, -0.25) is 0 Å². The Balaban J connectivity index is 3.09. The molecule has 0 unspecified atom stereocenters. The van der Waals surface area contributed by atoms with E-state index in [9.17, 15) is 6.80 Å². The molecule has 0 bridgehead atoms. The molecule has 0 aromatic carbocycles. The van der Waals surface area contributed by atoms with Crippen molar-refractivity contribution >= 4 is 0 Å². The van der Waals surface area contributed by atoms with Crippen molar-refractivity contribution in [3.8, 4) is 0 Å². The van der Waals surface area contributed by atoms with E-state index in [1.165, 1.54) is 19.3 Å². The average Bonchev–Trinajstić information content (AvgIpc) is 2.01. The van der Waals surface area contributed by atoms with E-state index in [4.69, 9.17) is 3.76 Å². The molecule has 80 valence electrons. The molecule has 0 heterocycles. The third-order valence-electron chi connectivity index (χ3n) is 1.73. The Kier molecular flexibility index (Phi) is 7.72. The molecule has 0 aromatic rings. The van der Waals surface area contributed by atoms with Gasteiger partial charge in [0.15, 0.2) is 0 Å². The molecule has 0 atom stereocenters. The van der Waals surface area contributed by atoms with Crippen molar-refractivity contribution in [1.82, 2.24) is 0 Å². The van der Waals surface area contributed by atoms with Gasteiger partial charge in [0, 0.05) is 0 Å². The normalized spacial score (nSPS) is 11.8. The molecule has 13 heavy (non-hydrogen) atoms. The second-order valence-corrected chi connectivity index (χ2v) is 5.70. The van der Waals surface area contributed by atoms with Crippen LogP contribution in [0.15, 0.2) is 0 Å². The Morgan fingerprint density at radius 2 is 1.62 bits per heavy atom. The Bertz CT molecular complexity index is 198. The van der Waals surface area contributed by atoms with Crippen LogP contribution in [-0.2, 0) is 26.9 Å². The summed E-state index contributed by atoms with van der Waals surface area (Å²) in [5.74, 6) is 0. The Morgan fingerprint density at radius 1 is 1.08 bits per heavy atom. The fourth-order valence-electron chi connectivity index (χ4n) is 1.05. The van der Waals surface area contributed by atoms with Crippen LogP contribution >= 0.6 is 0 Å². The first-order valence-electron chi connectivity index (χ1n) is 4.68. The molecule has 0 fully saturated rings. The van der Waals surface area contributed by atoms with Crippen molar-refractivity contribution in [2.45, 2.75) is 45.4 Å². The molecule has 0 saturated carbocycles. The van der Waals surface area contributed by atoms with Gasteiger partial charge < -0.3 is 0 Å². The molecule has 1 N–H and O–H groups in total. The van der Waals surface area contributed by atoms with Crippen LogP contribution in [0.25, 0.3) is 0 Å². The summed E-state index contributed by atoms with van der Waals surface area (Å²) >= 11 is -5.20. The third kappa shape index (κ3) is 12.2. The summed E-state index contributed by atoms with van der Waals surface area (Å²) in [6, 6.07) is 0. The molecule has 0 aliphatic rings. The van der Waals surface area contributed by atoms with E-state index < -0.39 is 16.7 Å². The fraction of sp³-hybridized carbons (Fsp3) is 1.00. The molecule has 4 nitrogen and oxygen atoms in total. The maximum absolute atomic E-state index is 10.2. The van der Waals surface area contributed by atoms with Gasteiger partial charge in [0.05, 0.1) is 0 Å². The van der Waals surface area contributed by atoms with Crippen molar-refractivity contribution in [2.75, 3.05) is 6.61 Å². The van der Waals surface area contributed by atoms with Crippen LogP contribution < -0.4 is 0 Å². The second kappa shape index (κ2) is 7.60. The van der Waals surface area contributed by atoms with Crippen LogP contribution in [0.2, 0.25) is 0 Å². The van der Waals surface area contributed by atoms with Crippen LogP contribution in [-0.4, -0.2) is 10.4 Å². The Morgan fingerprint density at radius 3 is 2.15 bits per heavy atom. The zero-order valence-corrected chi connectivity index (χ0v) is 10.0. The van der Waals surface area contributed by atoms with E-state index in [2.05, 4.69) is 10.3 Å². The summed E-state index contributed by atoms with van der Waals surface area (Å²) < 4.78 is 33.0. The van der Waals surface area contributed by atoms with E-state index in [1.807, 2.05) is 0 Å². The summed E-state index contributed by atoms with van der Waals surface area (Å²) in [7, 11) is 0. The molecule has 0 rings (SSSR count). The monoisotopic (exact) mass is 276 g/mol. The summed E-state index contributed by atoms with van der Waals surface area (Å²) in [5, 5.41) is 0. The molecule has 0 amide bonds. The summed E-state index contributed by atoms with van der Waals surface area (Å²) in [6.07, 6.45) is 6.41. The summed E-state index contributed by atoms with van der Waals surface area (Å²) in [6.45, 7) is 2.28. The topological polar surface area (TPSA) is 63.6 Å². The zero-order valence-electron chi connectivity index (χ0n) is 8.03. The molecule has 0 radical (unpaired) electrons. The van der Waals surface area contributed by atoms with E-state index in [1.54, 1.807) is 0 Å². The van der Waals surface area contributed by atoms with Gasteiger partial charge in [-0.15, -0.1) is 0 Å². The molecular weight excluding hydrogens is 256 g/mol. The van der Waals surface area contributed by atoms with Gasteiger partial charge in [-0.05, 0) is 0 Å². The first-order valence-corrected chi connectivity index (χ1v) is 8.03. The van der Waals surface area contributed by atoms with Gasteiger partial charge in [0.25, 0.3) is 0 Å². The number of unbranched alkanes of at least 4 members (excludes halogenated alkanes) is 5. The van der Waals surface area contributed by atoms with E-state index in [0.717, 1.165) is 12.8 Å². The van der Waals surface area contributed by atoms with Crippen LogP contribution in [0.5, 0.6) is 0 Å². The second-order valence-electron chi connectivity index (χ2n) is 3.02. The van der Waals surface area contributed by atoms with E-state index >= 15 is 0 Å². The number of hydrogen-bond donors (Lipinski definition) is 1. The van der Waals surface area contributed by atoms with Gasteiger partial charge in [0.1, 0.15) is 0 Å². The van der Waals surface area contributed by atoms with Gasteiger partial charge in [-0.1, -0.05) is 0 Å². The minimum atomic E-state index is -5.20. The molecule has 0 aliphatic heterocycles. The van der Waals surface area contributed by atoms with E-state index in [0.29, 0.717) is 6.42 Å². The Hall–Kier alpha value is 0.208. The SMILES string of the molecule is CCCCCCCC[O][Mo](=[O])(=[O])[OH]. The van der Waals surface area contributed by atoms with Crippen molar-refractivity contribution in [1.29, 1.82) is 0 Å². The standard InChI is InChI=1S/C8H17O.Mo.H2O.2O/c1-2-3-4-5-6-7-8-9;;;;/h2-8H2,1H3;;1H2;;/q-1;+2;;;/p-1. The Labute approximate surface area is 83.0 Å². The van der Waals surface area contributed by atoms with Gasteiger partial charge in [0.2, 0.25) is 0 Å². The van der Waals surface area contributed by atoms with Crippen molar-refractivity contribution in [3.05, 3.63) is 0 Å². The number of rotatable bonds is 8. The molecule has 0 saturated heterocycles. The fourth-order valence-corrected chi connectivity index (χ4v) is 1.85. The van der Waals surface area contributed by atoms with Crippen LogP contribution in [0.1, 0.15) is 45.4 Å². The van der Waals surface area contributed by atoms with Gasteiger partial charge in [-0.25, -0.2) is 0 Å². The van der Waals surface area contributed by atoms with Gasteiger partial charge >= 0.3 is 82.7 Å². The zero-order chi connectivity index (χ0) is 10.2. The maximum atomic E-state index is 10.2. The molecule has 0 aliphatic carbocycles.